The first-order chi connectivity index (χ1) is 7.81. The molecule has 1 saturated carbocycles. The van der Waals surface area contributed by atoms with Crippen LogP contribution in [0.5, 0.6) is 0 Å². The van der Waals surface area contributed by atoms with Gasteiger partial charge in [-0.25, -0.2) is 14.4 Å². The Balaban J connectivity index is 1.82. The number of hydrogen-bond acceptors (Lipinski definition) is 3. The average Bonchev–Trinajstić information content (AvgIpc) is 3.10. The zero-order valence-electron chi connectivity index (χ0n) is 9.67. The van der Waals surface area contributed by atoms with Crippen molar-refractivity contribution < 1.29 is 4.39 Å². The van der Waals surface area contributed by atoms with Crippen LogP contribution < -0.4 is 5.32 Å². The van der Waals surface area contributed by atoms with Crippen molar-refractivity contribution in [2.45, 2.75) is 39.0 Å². The molecule has 1 aromatic rings. The van der Waals surface area contributed by atoms with E-state index < -0.39 is 0 Å². The van der Waals surface area contributed by atoms with Crippen LogP contribution in [-0.2, 0) is 6.42 Å². The lowest BCUT2D eigenvalue weighted by Gasteiger charge is -2.07. The molecule has 1 fully saturated rings. The molecule has 1 aliphatic rings. The number of aryl methyl sites for hydroxylation is 1. The van der Waals surface area contributed by atoms with Crippen LogP contribution in [0.4, 0.5) is 10.2 Å². The zero-order chi connectivity index (χ0) is 11.4. The Labute approximate surface area is 95.5 Å². The van der Waals surface area contributed by atoms with Gasteiger partial charge in [0.1, 0.15) is 6.33 Å². The highest BCUT2D eigenvalue weighted by Gasteiger charge is 2.20. The monoisotopic (exact) mass is 223 g/mol. The summed E-state index contributed by atoms with van der Waals surface area (Å²) in [6.07, 6.45) is 7.12. The van der Waals surface area contributed by atoms with Crippen LogP contribution in [0.25, 0.3) is 0 Å². The molecular formula is C12H18FN3. The van der Waals surface area contributed by atoms with Crippen molar-refractivity contribution in [2.24, 2.45) is 5.92 Å². The minimum absolute atomic E-state index is 0.295. The number of aromatic nitrogens is 2. The largest absolute Gasteiger partial charge is 0.368 e. The molecule has 0 atom stereocenters. The van der Waals surface area contributed by atoms with Crippen LogP contribution in [0.2, 0.25) is 0 Å². The van der Waals surface area contributed by atoms with Crippen molar-refractivity contribution >= 4 is 5.82 Å². The van der Waals surface area contributed by atoms with Gasteiger partial charge in [-0.3, -0.25) is 0 Å². The highest BCUT2D eigenvalue weighted by Crippen LogP contribution is 2.33. The molecule has 0 aromatic carbocycles. The molecule has 3 nitrogen and oxygen atoms in total. The summed E-state index contributed by atoms with van der Waals surface area (Å²) in [6.45, 7) is 2.69. The van der Waals surface area contributed by atoms with Gasteiger partial charge in [-0.15, -0.1) is 0 Å². The van der Waals surface area contributed by atoms with E-state index in [2.05, 4.69) is 15.3 Å². The van der Waals surface area contributed by atoms with E-state index in [1.807, 2.05) is 6.92 Å². The van der Waals surface area contributed by atoms with Gasteiger partial charge in [-0.2, -0.15) is 0 Å². The molecule has 1 aromatic heterocycles. The van der Waals surface area contributed by atoms with Gasteiger partial charge in [0.15, 0.2) is 11.6 Å². The summed E-state index contributed by atoms with van der Waals surface area (Å²) < 4.78 is 13.7. The van der Waals surface area contributed by atoms with Crippen LogP contribution in [0.1, 0.15) is 38.3 Å². The molecule has 1 aliphatic carbocycles. The molecule has 0 spiro atoms. The Morgan fingerprint density at radius 2 is 2.25 bits per heavy atom. The van der Waals surface area contributed by atoms with Gasteiger partial charge in [0.2, 0.25) is 0 Å². The third kappa shape index (κ3) is 2.90. The second-order valence-corrected chi connectivity index (χ2v) is 4.35. The fraction of sp³-hybridized carbons (Fsp3) is 0.667. The maximum Gasteiger partial charge on any atom is 0.186 e. The molecule has 0 amide bonds. The summed E-state index contributed by atoms with van der Waals surface area (Å²) in [4.78, 5) is 7.82. The smallest absolute Gasteiger partial charge is 0.186 e. The number of anilines is 1. The van der Waals surface area contributed by atoms with Crippen molar-refractivity contribution in [3.8, 4) is 0 Å². The fourth-order valence-electron chi connectivity index (χ4n) is 1.78. The van der Waals surface area contributed by atoms with Gasteiger partial charge in [0, 0.05) is 6.54 Å². The fourth-order valence-corrected chi connectivity index (χ4v) is 1.78. The van der Waals surface area contributed by atoms with E-state index in [0.717, 1.165) is 18.9 Å². The lowest BCUT2D eigenvalue weighted by Crippen LogP contribution is -2.08. The summed E-state index contributed by atoms with van der Waals surface area (Å²) in [5.41, 5.74) is 0.486. The first kappa shape index (κ1) is 11.3. The lowest BCUT2D eigenvalue weighted by atomic mass is 10.2. The number of halogens is 1. The number of hydrogen-bond donors (Lipinski definition) is 1. The Morgan fingerprint density at radius 1 is 1.44 bits per heavy atom. The minimum Gasteiger partial charge on any atom is -0.368 e. The second kappa shape index (κ2) is 5.23. The van der Waals surface area contributed by atoms with E-state index in [-0.39, 0.29) is 5.82 Å². The van der Waals surface area contributed by atoms with E-state index in [1.54, 1.807) is 0 Å². The van der Waals surface area contributed by atoms with Crippen LogP contribution in [0.15, 0.2) is 6.33 Å². The third-order valence-electron chi connectivity index (χ3n) is 2.98. The molecule has 0 unspecified atom stereocenters. The quantitative estimate of drug-likeness (QED) is 0.753. The van der Waals surface area contributed by atoms with Crippen LogP contribution in [0, 0.1) is 11.7 Å². The predicted octanol–water partition coefficient (Wildman–Crippen LogP) is 2.78. The predicted molar refractivity (Wildman–Crippen MR) is 61.8 cm³/mol. The van der Waals surface area contributed by atoms with Crippen LogP contribution in [-0.4, -0.2) is 16.5 Å². The Bertz CT molecular complexity index is 350. The molecule has 2 rings (SSSR count). The molecule has 0 radical (unpaired) electrons. The van der Waals surface area contributed by atoms with Gasteiger partial charge in [0.05, 0.1) is 5.69 Å². The summed E-state index contributed by atoms with van der Waals surface area (Å²) in [6, 6.07) is 0. The molecule has 88 valence electrons. The van der Waals surface area contributed by atoms with E-state index in [1.165, 1.54) is 25.6 Å². The maximum atomic E-state index is 13.7. The Hall–Kier alpha value is -1.19. The topological polar surface area (TPSA) is 37.8 Å². The second-order valence-electron chi connectivity index (χ2n) is 4.35. The lowest BCUT2D eigenvalue weighted by molar-refractivity contribution is 0.594. The summed E-state index contributed by atoms with van der Waals surface area (Å²) in [5.74, 6) is 0.988. The standard InChI is InChI=1S/C12H18FN3/c1-2-10-11(13)12(16-8-15-10)14-7-3-4-9-5-6-9/h8-9H,2-7H2,1H3,(H,14,15,16). The first-order valence-electron chi connectivity index (χ1n) is 6.04. The number of rotatable bonds is 6. The minimum atomic E-state index is -0.295. The van der Waals surface area contributed by atoms with Crippen molar-refractivity contribution in [1.29, 1.82) is 0 Å². The normalized spacial score (nSPS) is 15.1. The van der Waals surface area contributed by atoms with Gasteiger partial charge in [0.25, 0.3) is 0 Å². The molecule has 0 aliphatic heterocycles. The number of nitrogens with zero attached hydrogens (tertiary/aromatic N) is 2. The van der Waals surface area contributed by atoms with E-state index in [4.69, 9.17) is 0 Å². The van der Waals surface area contributed by atoms with E-state index in [0.29, 0.717) is 17.9 Å². The van der Waals surface area contributed by atoms with Crippen molar-refractivity contribution in [2.75, 3.05) is 11.9 Å². The van der Waals surface area contributed by atoms with Crippen molar-refractivity contribution in [3.63, 3.8) is 0 Å². The van der Waals surface area contributed by atoms with E-state index >= 15 is 0 Å². The zero-order valence-corrected chi connectivity index (χ0v) is 9.67. The molecule has 0 bridgehead atoms. The molecule has 1 N–H and O–H groups in total. The third-order valence-corrected chi connectivity index (χ3v) is 2.98. The first-order valence-corrected chi connectivity index (χ1v) is 6.04. The molecule has 0 saturated heterocycles. The highest BCUT2D eigenvalue weighted by atomic mass is 19.1. The van der Waals surface area contributed by atoms with Gasteiger partial charge < -0.3 is 5.32 Å². The SMILES string of the molecule is CCc1ncnc(NCCCC2CC2)c1F. The van der Waals surface area contributed by atoms with E-state index in [9.17, 15) is 4.39 Å². The highest BCUT2D eigenvalue weighted by molar-refractivity contribution is 5.37. The van der Waals surface area contributed by atoms with Crippen LogP contribution in [0.3, 0.4) is 0 Å². The molecule has 4 heteroatoms. The summed E-state index contributed by atoms with van der Waals surface area (Å²) >= 11 is 0. The average molecular weight is 223 g/mol. The van der Waals surface area contributed by atoms with Crippen molar-refractivity contribution in [1.82, 2.24) is 9.97 Å². The van der Waals surface area contributed by atoms with Crippen LogP contribution >= 0.6 is 0 Å². The summed E-state index contributed by atoms with van der Waals surface area (Å²) in [5, 5.41) is 3.04. The van der Waals surface area contributed by atoms with Crippen molar-refractivity contribution in [3.05, 3.63) is 17.8 Å². The maximum absolute atomic E-state index is 13.7. The molecule has 1 heterocycles. The molecular weight excluding hydrogens is 205 g/mol. The van der Waals surface area contributed by atoms with Gasteiger partial charge in [-0.1, -0.05) is 19.8 Å². The van der Waals surface area contributed by atoms with Gasteiger partial charge in [-0.05, 0) is 25.2 Å². The summed E-state index contributed by atoms with van der Waals surface area (Å²) in [7, 11) is 0. The number of nitrogens with one attached hydrogen (secondary N) is 1. The Morgan fingerprint density at radius 3 is 2.94 bits per heavy atom. The van der Waals surface area contributed by atoms with Gasteiger partial charge >= 0.3 is 0 Å². The Kier molecular flexibility index (Phi) is 3.70. The molecule has 16 heavy (non-hydrogen) atoms.